The highest BCUT2D eigenvalue weighted by molar-refractivity contribution is 8.00. The standard InChI is InChI=1S/C20H22N4O3S2/c1-13-9-10-15(29(26,27)24(3)4)11-18(13)23-19(25)14(2)28-20-16-7-5-6-8-17(16)21-12-22-20/h5-12,14H,1-4H3,(H,23,25)/t14-/m0/s1. The minimum Gasteiger partial charge on any atom is -0.325 e. The van der Waals surface area contributed by atoms with E-state index in [1.165, 1.54) is 44.3 Å². The number of amides is 1. The number of thioether (sulfide) groups is 1. The van der Waals surface area contributed by atoms with Crippen LogP contribution in [0.5, 0.6) is 0 Å². The maximum absolute atomic E-state index is 12.8. The third-order valence-corrected chi connectivity index (χ3v) is 7.34. The van der Waals surface area contributed by atoms with Crippen LogP contribution in [0.2, 0.25) is 0 Å². The molecule has 0 spiro atoms. The van der Waals surface area contributed by atoms with Gasteiger partial charge in [0.2, 0.25) is 15.9 Å². The van der Waals surface area contributed by atoms with E-state index in [4.69, 9.17) is 0 Å². The number of para-hydroxylation sites is 1. The number of rotatable bonds is 6. The zero-order valence-corrected chi connectivity index (χ0v) is 18.2. The molecule has 2 aromatic carbocycles. The topological polar surface area (TPSA) is 92.3 Å². The molecule has 1 heterocycles. The number of hydrogen-bond acceptors (Lipinski definition) is 6. The van der Waals surface area contributed by atoms with E-state index in [0.717, 1.165) is 25.8 Å². The minimum absolute atomic E-state index is 0.130. The molecule has 0 aliphatic carbocycles. The van der Waals surface area contributed by atoms with Crippen molar-refractivity contribution in [2.45, 2.75) is 29.0 Å². The monoisotopic (exact) mass is 430 g/mol. The summed E-state index contributed by atoms with van der Waals surface area (Å²) in [6.45, 7) is 3.60. The molecule has 0 fully saturated rings. The number of fused-ring (bicyclic) bond motifs is 1. The number of aromatic nitrogens is 2. The number of anilines is 1. The van der Waals surface area contributed by atoms with Crippen LogP contribution < -0.4 is 5.32 Å². The summed E-state index contributed by atoms with van der Waals surface area (Å²) in [6, 6.07) is 12.3. The van der Waals surface area contributed by atoms with E-state index in [-0.39, 0.29) is 10.8 Å². The van der Waals surface area contributed by atoms with Gasteiger partial charge in [0.1, 0.15) is 11.4 Å². The Hall–Kier alpha value is -2.49. The quantitative estimate of drug-likeness (QED) is 0.476. The Kier molecular flexibility index (Phi) is 6.21. The summed E-state index contributed by atoms with van der Waals surface area (Å²) in [5, 5.41) is 4.01. The maximum atomic E-state index is 12.8. The van der Waals surface area contributed by atoms with Crippen LogP contribution in [0.25, 0.3) is 10.9 Å². The Morgan fingerprint density at radius 3 is 2.59 bits per heavy atom. The molecule has 1 atom stereocenters. The largest absolute Gasteiger partial charge is 0.325 e. The molecule has 0 saturated carbocycles. The summed E-state index contributed by atoms with van der Waals surface area (Å²) in [6.07, 6.45) is 1.48. The molecular formula is C20H22N4O3S2. The molecule has 0 aliphatic rings. The van der Waals surface area contributed by atoms with Gasteiger partial charge in [-0.2, -0.15) is 0 Å². The van der Waals surface area contributed by atoms with Crippen LogP contribution in [0, 0.1) is 6.92 Å². The number of sulfonamides is 1. The summed E-state index contributed by atoms with van der Waals surface area (Å²) < 4.78 is 25.9. The number of carbonyl (C=O) groups excluding carboxylic acids is 1. The lowest BCUT2D eigenvalue weighted by atomic mass is 10.2. The van der Waals surface area contributed by atoms with Gasteiger partial charge >= 0.3 is 0 Å². The fraction of sp³-hybridized carbons (Fsp3) is 0.250. The highest BCUT2D eigenvalue weighted by Crippen LogP contribution is 2.29. The van der Waals surface area contributed by atoms with Crippen LogP contribution in [-0.2, 0) is 14.8 Å². The molecule has 3 rings (SSSR count). The fourth-order valence-corrected chi connectivity index (χ4v) is 4.47. The van der Waals surface area contributed by atoms with Gasteiger partial charge in [0.15, 0.2) is 0 Å². The maximum Gasteiger partial charge on any atom is 0.242 e. The van der Waals surface area contributed by atoms with Gasteiger partial charge in [-0.1, -0.05) is 36.0 Å². The molecule has 0 aliphatic heterocycles. The van der Waals surface area contributed by atoms with Crippen LogP contribution in [0.3, 0.4) is 0 Å². The van der Waals surface area contributed by atoms with E-state index >= 15 is 0 Å². The summed E-state index contributed by atoms with van der Waals surface area (Å²) in [5.41, 5.74) is 2.06. The van der Waals surface area contributed by atoms with Crippen molar-refractivity contribution in [3.63, 3.8) is 0 Å². The third kappa shape index (κ3) is 4.58. The van der Waals surface area contributed by atoms with Gasteiger partial charge in [0, 0.05) is 25.2 Å². The van der Waals surface area contributed by atoms with Crippen molar-refractivity contribution in [2.75, 3.05) is 19.4 Å². The normalized spacial score (nSPS) is 12.9. The molecule has 1 N–H and O–H groups in total. The van der Waals surface area contributed by atoms with Gasteiger partial charge < -0.3 is 5.32 Å². The molecule has 1 aromatic heterocycles. The summed E-state index contributed by atoms with van der Waals surface area (Å²) in [5.74, 6) is -0.236. The number of benzene rings is 2. The molecule has 152 valence electrons. The van der Waals surface area contributed by atoms with E-state index in [9.17, 15) is 13.2 Å². The second-order valence-electron chi connectivity index (χ2n) is 6.71. The first kappa shape index (κ1) is 21.2. The van der Waals surface area contributed by atoms with Gasteiger partial charge in [-0.3, -0.25) is 4.79 Å². The average molecular weight is 431 g/mol. The first-order valence-corrected chi connectivity index (χ1v) is 11.2. The summed E-state index contributed by atoms with van der Waals surface area (Å²) >= 11 is 1.33. The van der Waals surface area contributed by atoms with E-state index in [0.29, 0.717) is 5.69 Å². The van der Waals surface area contributed by atoms with Crippen molar-refractivity contribution >= 4 is 44.3 Å². The Labute approximate surface area is 174 Å². The van der Waals surface area contributed by atoms with Gasteiger partial charge in [-0.15, -0.1) is 0 Å². The second-order valence-corrected chi connectivity index (χ2v) is 10.2. The predicted octanol–water partition coefficient (Wildman–Crippen LogP) is 3.31. The molecule has 0 saturated heterocycles. The average Bonchev–Trinajstić information content (AvgIpc) is 2.69. The lowest BCUT2D eigenvalue weighted by Crippen LogP contribution is -2.24. The van der Waals surface area contributed by atoms with Gasteiger partial charge in [0.05, 0.1) is 15.7 Å². The third-order valence-electron chi connectivity index (χ3n) is 4.41. The number of nitrogens with one attached hydrogen (secondary N) is 1. The molecule has 29 heavy (non-hydrogen) atoms. The molecule has 3 aromatic rings. The smallest absolute Gasteiger partial charge is 0.242 e. The van der Waals surface area contributed by atoms with Crippen LogP contribution in [0.15, 0.2) is 58.7 Å². The van der Waals surface area contributed by atoms with Crippen LogP contribution >= 0.6 is 11.8 Å². The predicted molar refractivity (Wildman–Crippen MR) is 116 cm³/mol. The molecule has 9 heteroatoms. The van der Waals surface area contributed by atoms with Gasteiger partial charge in [-0.05, 0) is 37.6 Å². The second kappa shape index (κ2) is 8.48. The molecule has 1 amide bonds. The molecular weight excluding hydrogens is 408 g/mol. The van der Waals surface area contributed by atoms with Crippen molar-refractivity contribution < 1.29 is 13.2 Å². The van der Waals surface area contributed by atoms with Gasteiger partial charge in [0.25, 0.3) is 0 Å². The van der Waals surface area contributed by atoms with Gasteiger partial charge in [-0.25, -0.2) is 22.7 Å². The number of hydrogen-bond donors (Lipinski definition) is 1. The van der Waals surface area contributed by atoms with Crippen LogP contribution in [0.1, 0.15) is 12.5 Å². The molecule has 0 bridgehead atoms. The van der Waals surface area contributed by atoms with Crippen LogP contribution in [0.4, 0.5) is 5.69 Å². The highest BCUT2D eigenvalue weighted by Gasteiger charge is 2.21. The lowest BCUT2D eigenvalue weighted by Gasteiger charge is -2.16. The Morgan fingerprint density at radius 1 is 1.14 bits per heavy atom. The number of aryl methyl sites for hydroxylation is 1. The first-order valence-electron chi connectivity index (χ1n) is 8.90. The van der Waals surface area contributed by atoms with Crippen molar-refractivity contribution in [3.05, 3.63) is 54.4 Å². The Balaban J connectivity index is 1.81. The van der Waals surface area contributed by atoms with E-state index in [1.54, 1.807) is 13.0 Å². The first-order chi connectivity index (χ1) is 13.7. The van der Waals surface area contributed by atoms with Crippen molar-refractivity contribution in [1.82, 2.24) is 14.3 Å². The van der Waals surface area contributed by atoms with E-state index < -0.39 is 15.3 Å². The Bertz CT molecular complexity index is 1160. The molecule has 0 radical (unpaired) electrons. The van der Waals surface area contributed by atoms with E-state index in [1.807, 2.05) is 31.2 Å². The number of nitrogens with zero attached hydrogens (tertiary/aromatic N) is 3. The summed E-state index contributed by atoms with van der Waals surface area (Å²) in [7, 11) is -0.644. The minimum atomic E-state index is -3.59. The SMILES string of the molecule is Cc1ccc(S(=O)(=O)N(C)C)cc1NC(=O)[C@H](C)Sc1ncnc2ccccc12. The van der Waals surface area contributed by atoms with Crippen LogP contribution in [-0.4, -0.2) is 47.9 Å². The summed E-state index contributed by atoms with van der Waals surface area (Å²) in [4.78, 5) is 21.4. The molecule has 7 nitrogen and oxygen atoms in total. The lowest BCUT2D eigenvalue weighted by molar-refractivity contribution is -0.115. The highest BCUT2D eigenvalue weighted by atomic mass is 32.2. The van der Waals surface area contributed by atoms with Crippen molar-refractivity contribution in [3.8, 4) is 0 Å². The molecule has 0 unspecified atom stereocenters. The van der Waals surface area contributed by atoms with E-state index in [2.05, 4.69) is 15.3 Å². The fourth-order valence-electron chi connectivity index (χ4n) is 2.64. The zero-order valence-electron chi connectivity index (χ0n) is 16.6. The van der Waals surface area contributed by atoms with Crippen molar-refractivity contribution in [2.24, 2.45) is 0 Å². The zero-order chi connectivity index (χ0) is 21.2. The van der Waals surface area contributed by atoms with Crippen molar-refractivity contribution in [1.29, 1.82) is 0 Å². The number of carbonyl (C=O) groups is 1. The Morgan fingerprint density at radius 2 is 1.86 bits per heavy atom.